The highest BCUT2D eigenvalue weighted by Crippen LogP contribution is 2.34. The molecule has 0 radical (unpaired) electrons. The predicted molar refractivity (Wildman–Crippen MR) is 142 cm³/mol. The summed E-state index contributed by atoms with van der Waals surface area (Å²) in [4.78, 5) is 31.5. The average Bonchev–Trinajstić information content (AvgIpc) is 2.90. The van der Waals surface area contributed by atoms with Crippen molar-refractivity contribution >= 4 is 50.4 Å². The van der Waals surface area contributed by atoms with Crippen LogP contribution in [0.4, 0.5) is 30.9 Å². The molecule has 1 aliphatic heterocycles. The lowest BCUT2D eigenvalue weighted by molar-refractivity contribution is 0.0909. The summed E-state index contributed by atoms with van der Waals surface area (Å²) in [5.41, 5.74) is 1.53. The molecule has 1 amide bonds. The van der Waals surface area contributed by atoms with Crippen molar-refractivity contribution in [2.24, 2.45) is 0 Å². The van der Waals surface area contributed by atoms with Crippen molar-refractivity contribution in [1.29, 1.82) is 0 Å². The SMILES string of the molecule is Cc1cc(Nc2ncnc3cc(Br)c(N4CCN(C(=O)O)[C@H](CO)C4)nc23)c(F)cc1Oc1cncc(F)c1. The second-order valence-corrected chi connectivity index (χ2v) is 9.66. The number of anilines is 3. The van der Waals surface area contributed by atoms with Crippen LogP contribution in [-0.4, -0.2) is 73.4 Å². The van der Waals surface area contributed by atoms with Crippen LogP contribution in [-0.2, 0) is 0 Å². The second-order valence-electron chi connectivity index (χ2n) is 8.81. The summed E-state index contributed by atoms with van der Waals surface area (Å²) < 4.78 is 34.8. The molecule has 1 atom stereocenters. The number of carboxylic acid groups (broad SMARTS) is 1. The van der Waals surface area contributed by atoms with E-state index in [0.29, 0.717) is 33.4 Å². The van der Waals surface area contributed by atoms with E-state index in [4.69, 9.17) is 9.72 Å². The molecule has 0 saturated carbocycles. The van der Waals surface area contributed by atoms with Gasteiger partial charge in [0.05, 0.1) is 40.7 Å². The number of carbonyl (C=O) groups is 1. The van der Waals surface area contributed by atoms with Crippen LogP contribution in [0.3, 0.4) is 0 Å². The number of fused-ring (bicyclic) bond motifs is 1. The third-order valence-electron chi connectivity index (χ3n) is 6.21. The molecule has 5 rings (SSSR count). The van der Waals surface area contributed by atoms with E-state index < -0.39 is 23.8 Å². The Morgan fingerprint density at radius 1 is 1.21 bits per heavy atom. The lowest BCUT2D eigenvalue weighted by atomic mass is 10.1. The number of aromatic nitrogens is 4. The van der Waals surface area contributed by atoms with Crippen LogP contribution >= 0.6 is 15.9 Å². The summed E-state index contributed by atoms with van der Waals surface area (Å²) in [5.74, 6) is -0.129. The Morgan fingerprint density at radius 3 is 2.77 bits per heavy atom. The van der Waals surface area contributed by atoms with Gasteiger partial charge >= 0.3 is 6.09 Å². The van der Waals surface area contributed by atoms with E-state index in [9.17, 15) is 19.4 Å². The number of piperazine rings is 1. The molecule has 1 fully saturated rings. The van der Waals surface area contributed by atoms with Crippen LogP contribution in [0.2, 0.25) is 0 Å². The molecule has 0 unspecified atom stereocenters. The lowest BCUT2D eigenvalue weighted by Crippen LogP contribution is -2.56. The molecule has 3 N–H and O–H groups in total. The fraction of sp³-hybridized carbons (Fsp3) is 0.240. The first-order valence-corrected chi connectivity index (χ1v) is 12.5. The van der Waals surface area contributed by atoms with Gasteiger partial charge in [-0.1, -0.05) is 0 Å². The first kappa shape index (κ1) is 26.4. The van der Waals surface area contributed by atoms with Crippen LogP contribution in [0.25, 0.3) is 11.0 Å². The van der Waals surface area contributed by atoms with E-state index in [2.05, 4.69) is 36.2 Å². The highest BCUT2D eigenvalue weighted by molar-refractivity contribution is 9.10. The summed E-state index contributed by atoms with van der Waals surface area (Å²) in [5, 5.41) is 22.1. The average molecular weight is 602 g/mol. The lowest BCUT2D eigenvalue weighted by Gasteiger charge is -2.40. The van der Waals surface area contributed by atoms with Crippen LogP contribution in [0, 0.1) is 18.6 Å². The number of nitrogens with zero attached hydrogens (tertiary/aromatic N) is 6. The van der Waals surface area contributed by atoms with Crippen LogP contribution in [0.1, 0.15) is 5.56 Å². The van der Waals surface area contributed by atoms with Gasteiger partial charge in [0.15, 0.2) is 5.82 Å². The minimum Gasteiger partial charge on any atom is -0.465 e. The Balaban J connectivity index is 1.44. The minimum atomic E-state index is -1.10. The van der Waals surface area contributed by atoms with Gasteiger partial charge in [0.2, 0.25) is 0 Å². The zero-order valence-electron chi connectivity index (χ0n) is 20.5. The van der Waals surface area contributed by atoms with Crippen molar-refractivity contribution in [1.82, 2.24) is 24.8 Å². The molecule has 1 saturated heterocycles. The van der Waals surface area contributed by atoms with E-state index >= 15 is 4.39 Å². The number of hydrogen-bond donors (Lipinski definition) is 3. The largest absolute Gasteiger partial charge is 0.465 e. The number of amides is 1. The molecule has 39 heavy (non-hydrogen) atoms. The van der Waals surface area contributed by atoms with Crippen LogP contribution in [0.15, 0.2) is 47.5 Å². The number of aliphatic hydroxyl groups is 1. The van der Waals surface area contributed by atoms with Gasteiger partial charge in [-0.2, -0.15) is 0 Å². The van der Waals surface area contributed by atoms with Crippen molar-refractivity contribution in [3.63, 3.8) is 0 Å². The summed E-state index contributed by atoms with van der Waals surface area (Å²) in [6.45, 7) is 2.15. The molecule has 3 aromatic heterocycles. The van der Waals surface area contributed by atoms with Gasteiger partial charge in [-0.15, -0.1) is 0 Å². The summed E-state index contributed by atoms with van der Waals surface area (Å²) in [6, 6.07) is 4.98. The molecule has 4 aromatic rings. The Bertz CT molecular complexity index is 1560. The number of hydrogen-bond acceptors (Lipinski definition) is 9. The van der Waals surface area contributed by atoms with Crippen molar-refractivity contribution in [3.8, 4) is 11.5 Å². The van der Waals surface area contributed by atoms with Crippen molar-refractivity contribution < 1.29 is 28.5 Å². The van der Waals surface area contributed by atoms with E-state index in [1.165, 1.54) is 29.6 Å². The van der Waals surface area contributed by atoms with Gasteiger partial charge in [-0.05, 0) is 40.5 Å². The molecule has 4 heterocycles. The second kappa shape index (κ2) is 10.9. The molecule has 202 valence electrons. The van der Waals surface area contributed by atoms with E-state index in [1.54, 1.807) is 13.0 Å². The number of aryl methyl sites for hydroxylation is 1. The molecule has 1 aliphatic rings. The molecule has 0 aliphatic carbocycles. The van der Waals surface area contributed by atoms with Gasteiger partial charge in [-0.3, -0.25) is 9.88 Å². The third kappa shape index (κ3) is 5.52. The van der Waals surface area contributed by atoms with Gasteiger partial charge in [0.1, 0.15) is 40.8 Å². The number of nitrogens with one attached hydrogen (secondary N) is 1. The highest BCUT2D eigenvalue weighted by atomic mass is 79.9. The Hall–Kier alpha value is -4.17. The Morgan fingerprint density at radius 2 is 2.03 bits per heavy atom. The topological polar surface area (TPSA) is 137 Å². The zero-order valence-corrected chi connectivity index (χ0v) is 22.1. The standard InChI is InChI=1S/C25H22BrF2N7O4/c1-13-4-19(18(28)7-21(13)39-16-5-14(27)8-29-9-16)32-23-22-20(30-12-31-23)6-17(26)24(33-22)34-2-3-35(25(37)38)15(10-34)11-36/h4-9,12,15,36H,2-3,10-11H2,1H3,(H,37,38)(H,30,31,32)/t15-/m0/s1. The van der Waals surface area contributed by atoms with E-state index in [-0.39, 0.29) is 42.7 Å². The van der Waals surface area contributed by atoms with E-state index in [0.717, 1.165) is 12.3 Å². The van der Waals surface area contributed by atoms with Crippen molar-refractivity contribution in [2.75, 3.05) is 36.5 Å². The number of rotatable bonds is 6. The molecular formula is C25H22BrF2N7O4. The molecule has 0 bridgehead atoms. The number of ether oxygens (including phenoxy) is 1. The summed E-state index contributed by atoms with van der Waals surface area (Å²) in [7, 11) is 0. The zero-order chi connectivity index (χ0) is 27.7. The maximum absolute atomic E-state index is 15.1. The minimum absolute atomic E-state index is 0.110. The molecule has 11 nitrogen and oxygen atoms in total. The van der Waals surface area contributed by atoms with Gasteiger partial charge in [0.25, 0.3) is 0 Å². The maximum Gasteiger partial charge on any atom is 0.407 e. The first-order valence-electron chi connectivity index (χ1n) is 11.8. The van der Waals surface area contributed by atoms with Gasteiger partial charge in [-0.25, -0.2) is 28.5 Å². The smallest absolute Gasteiger partial charge is 0.407 e. The summed E-state index contributed by atoms with van der Waals surface area (Å²) in [6.07, 6.45) is 2.59. The van der Waals surface area contributed by atoms with Gasteiger partial charge < -0.3 is 25.2 Å². The molecular weight excluding hydrogens is 580 g/mol. The molecule has 14 heteroatoms. The van der Waals surface area contributed by atoms with Crippen molar-refractivity contribution in [2.45, 2.75) is 13.0 Å². The third-order valence-corrected chi connectivity index (χ3v) is 6.79. The molecule has 0 spiro atoms. The number of halogens is 3. The normalized spacial score (nSPS) is 15.5. The van der Waals surface area contributed by atoms with E-state index in [1.807, 2.05) is 4.90 Å². The van der Waals surface area contributed by atoms with Crippen LogP contribution < -0.4 is 15.0 Å². The maximum atomic E-state index is 15.1. The first-order chi connectivity index (χ1) is 18.7. The predicted octanol–water partition coefficient (Wildman–Crippen LogP) is 4.47. The Kier molecular flexibility index (Phi) is 7.39. The highest BCUT2D eigenvalue weighted by Gasteiger charge is 2.31. The fourth-order valence-corrected chi connectivity index (χ4v) is 4.85. The van der Waals surface area contributed by atoms with Crippen LogP contribution in [0.5, 0.6) is 11.5 Å². The number of aliphatic hydroxyl groups excluding tert-OH is 1. The van der Waals surface area contributed by atoms with Crippen molar-refractivity contribution in [3.05, 3.63) is 64.7 Å². The quantitative estimate of drug-likeness (QED) is 0.290. The fourth-order valence-electron chi connectivity index (χ4n) is 4.29. The summed E-state index contributed by atoms with van der Waals surface area (Å²) >= 11 is 3.51. The number of benzene rings is 1. The monoisotopic (exact) mass is 601 g/mol. The van der Waals surface area contributed by atoms with Gasteiger partial charge in [0, 0.05) is 31.8 Å². The molecule has 1 aromatic carbocycles. The number of pyridine rings is 2. The Labute approximate surface area is 229 Å².